The highest BCUT2D eigenvalue weighted by Crippen LogP contribution is 2.36. The average molecular weight is 344 g/mol. The van der Waals surface area contributed by atoms with Gasteiger partial charge in [0, 0.05) is 12.8 Å². The van der Waals surface area contributed by atoms with Gasteiger partial charge in [-0.2, -0.15) is 0 Å². The number of hydrogen-bond acceptors (Lipinski definition) is 4. The van der Waals surface area contributed by atoms with E-state index in [1.165, 1.54) is 0 Å². The fraction of sp³-hybridized carbons (Fsp3) is 0.417. The number of hydrogen-bond donors (Lipinski definition) is 2. The van der Waals surface area contributed by atoms with Crippen molar-refractivity contribution in [1.82, 2.24) is 0 Å². The van der Waals surface area contributed by atoms with Crippen LogP contribution >= 0.6 is 35.6 Å². The molecule has 3 N–H and O–H groups in total. The number of carbonyl (C=O) groups is 1. The van der Waals surface area contributed by atoms with E-state index in [1.807, 2.05) is 0 Å². The van der Waals surface area contributed by atoms with Crippen molar-refractivity contribution in [2.24, 2.45) is 5.73 Å². The number of rotatable bonds is 6. The minimum absolute atomic E-state index is 0. The number of nitrogens with one attached hydrogen (secondary N) is 1. The maximum atomic E-state index is 11.5. The molecule has 0 fully saturated rings. The summed E-state index contributed by atoms with van der Waals surface area (Å²) in [5.41, 5.74) is 5.92. The molecule has 0 spiro atoms. The van der Waals surface area contributed by atoms with Gasteiger partial charge >= 0.3 is 0 Å². The van der Waals surface area contributed by atoms with Crippen molar-refractivity contribution in [2.45, 2.75) is 13.0 Å². The highest BCUT2D eigenvalue weighted by atomic mass is 35.5. The lowest BCUT2D eigenvalue weighted by Gasteiger charge is -2.13. The highest BCUT2D eigenvalue weighted by molar-refractivity contribution is 6.37. The van der Waals surface area contributed by atoms with Crippen LogP contribution in [-0.2, 0) is 9.53 Å². The molecule has 8 heteroatoms. The lowest BCUT2D eigenvalue weighted by Crippen LogP contribution is -2.32. The van der Waals surface area contributed by atoms with Crippen LogP contribution in [0.25, 0.3) is 0 Å². The Balaban J connectivity index is 0.00000361. The molecule has 0 aromatic heterocycles. The number of amides is 1. The minimum Gasteiger partial charge on any atom is -0.488 e. The van der Waals surface area contributed by atoms with Crippen molar-refractivity contribution in [2.75, 3.05) is 25.6 Å². The Morgan fingerprint density at radius 2 is 1.90 bits per heavy atom. The van der Waals surface area contributed by atoms with Gasteiger partial charge in [-0.3, -0.25) is 4.79 Å². The lowest BCUT2D eigenvalue weighted by molar-refractivity contribution is -0.117. The van der Waals surface area contributed by atoms with E-state index >= 15 is 0 Å². The molecule has 114 valence electrons. The molecule has 0 aliphatic carbocycles. The van der Waals surface area contributed by atoms with E-state index in [0.717, 1.165) is 0 Å². The van der Waals surface area contributed by atoms with Crippen LogP contribution in [0.4, 0.5) is 5.69 Å². The summed E-state index contributed by atoms with van der Waals surface area (Å²) < 4.78 is 10.3. The molecule has 0 heterocycles. The molecule has 1 atom stereocenters. The predicted molar refractivity (Wildman–Crippen MR) is 83.4 cm³/mol. The molecule has 1 aromatic carbocycles. The second-order valence-corrected chi connectivity index (χ2v) is 4.70. The second-order valence-electron chi connectivity index (χ2n) is 3.89. The number of anilines is 1. The summed E-state index contributed by atoms with van der Waals surface area (Å²) in [5, 5.41) is 3.22. The van der Waals surface area contributed by atoms with Crippen LogP contribution in [0.3, 0.4) is 0 Å². The monoisotopic (exact) mass is 342 g/mol. The number of methoxy groups -OCH3 is 1. The molecule has 1 rings (SSSR count). The summed E-state index contributed by atoms with van der Waals surface area (Å²) in [6.45, 7) is 2.35. The van der Waals surface area contributed by atoms with E-state index in [0.29, 0.717) is 34.7 Å². The predicted octanol–water partition coefficient (Wildman–Crippen LogP) is 2.73. The smallest absolute Gasteiger partial charge is 0.241 e. The van der Waals surface area contributed by atoms with Crippen molar-refractivity contribution in [3.8, 4) is 5.75 Å². The SMILES string of the molecule is COCCOc1c(Cl)cc(NC(=O)C(C)N)cc1Cl.Cl. The Kier molecular flexibility index (Phi) is 8.93. The van der Waals surface area contributed by atoms with Gasteiger partial charge in [-0.1, -0.05) is 23.2 Å². The molecule has 0 bridgehead atoms. The van der Waals surface area contributed by atoms with Gasteiger partial charge in [0.25, 0.3) is 0 Å². The fourth-order valence-corrected chi connectivity index (χ4v) is 1.85. The zero-order chi connectivity index (χ0) is 14.4. The van der Waals surface area contributed by atoms with Gasteiger partial charge in [-0.15, -0.1) is 12.4 Å². The zero-order valence-electron chi connectivity index (χ0n) is 11.1. The number of nitrogens with two attached hydrogens (primary N) is 1. The average Bonchev–Trinajstić information content (AvgIpc) is 2.32. The first-order valence-electron chi connectivity index (χ1n) is 5.63. The van der Waals surface area contributed by atoms with Crippen molar-refractivity contribution < 1.29 is 14.3 Å². The van der Waals surface area contributed by atoms with Gasteiger partial charge in [-0.25, -0.2) is 0 Å². The van der Waals surface area contributed by atoms with Gasteiger partial charge in [0.15, 0.2) is 5.75 Å². The Morgan fingerprint density at radius 1 is 1.35 bits per heavy atom. The number of halogens is 3. The normalized spacial score (nSPS) is 11.4. The van der Waals surface area contributed by atoms with Gasteiger partial charge < -0.3 is 20.5 Å². The summed E-state index contributed by atoms with van der Waals surface area (Å²) in [4.78, 5) is 11.5. The topological polar surface area (TPSA) is 73.6 Å². The second kappa shape index (κ2) is 9.26. The quantitative estimate of drug-likeness (QED) is 0.779. The Hall–Kier alpha value is -0.720. The molecule has 0 saturated heterocycles. The lowest BCUT2D eigenvalue weighted by atomic mass is 10.2. The molecule has 1 amide bonds. The molecule has 1 unspecified atom stereocenters. The molecule has 0 saturated carbocycles. The van der Waals surface area contributed by atoms with E-state index in [-0.39, 0.29) is 18.3 Å². The molecule has 0 aliphatic rings. The maximum absolute atomic E-state index is 11.5. The summed E-state index contributed by atoms with van der Waals surface area (Å²) in [6, 6.07) is 2.49. The summed E-state index contributed by atoms with van der Waals surface area (Å²) in [5.74, 6) is 0.0411. The zero-order valence-corrected chi connectivity index (χ0v) is 13.4. The Morgan fingerprint density at radius 3 is 2.35 bits per heavy atom. The fourth-order valence-electron chi connectivity index (χ4n) is 1.25. The van der Waals surface area contributed by atoms with Crippen LogP contribution in [0.15, 0.2) is 12.1 Å². The van der Waals surface area contributed by atoms with Crippen molar-refractivity contribution in [1.29, 1.82) is 0 Å². The van der Waals surface area contributed by atoms with Crippen molar-refractivity contribution in [3.05, 3.63) is 22.2 Å². The number of benzene rings is 1. The van der Waals surface area contributed by atoms with Gasteiger partial charge in [-0.05, 0) is 19.1 Å². The molecule has 20 heavy (non-hydrogen) atoms. The third kappa shape index (κ3) is 5.73. The number of ether oxygens (including phenoxy) is 2. The molecule has 1 aromatic rings. The van der Waals surface area contributed by atoms with Crippen LogP contribution in [-0.4, -0.2) is 32.3 Å². The standard InChI is InChI=1S/C12H16Cl2N2O3.ClH/c1-7(15)12(17)16-8-5-9(13)11(10(14)6-8)19-4-3-18-2;/h5-7H,3-4,15H2,1-2H3,(H,16,17);1H. The Labute approximate surface area is 134 Å². The summed E-state index contributed by atoms with van der Waals surface area (Å²) in [6.07, 6.45) is 0. The van der Waals surface area contributed by atoms with Crippen LogP contribution in [0.1, 0.15) is 6.92 Å². The Bertz CT molecular complexity index is 433. The third-order valence-corrected chi connectivity index (χ3v) is 2.77. The van der Waals surface area contributed by atoms with E-state index in [4.69, 9.17) is 38.4 Å². The largest absolute Gasteiger partial charge is 0.488 e. The van der Waals surface area contributed by atoms with E-state index in [1.54, 1.807) is 26.2 Å². The van der Waals surface area contributed by atoms with Gasteiger partial charge in [0.2, 0.25) is 5.91 Å². The first-order valence-corrected chi connectivity index (χ1v) is 6.38. The first-order chi connectivity index (χ1) is 8.95. The van der Waals surface area contributed by atoms with Crippen LogP contribution in [0.2, 0.25) is 10.0 Å². The van der Waals surface area contributed by atoms with Gasteiger partial charge in [0.05, 0.1) is 22.7 Å². The van der Waals surface area contributed by atoms with Crippen LogP contribution in [0.5, 0.6) is 5.75 Å². The van der Waals surface area contributed by atoms with Crippen molar-refractivity contribution >= 4 is 47.2 Å². The van der Waals surface area contributed by atoms with E-state index in [9.17, 15) is 4.79 Å². The minimum atomic E-state index is -0.616. The van der Waals surface area contributed by atoms with Crippen molar-refractivity contribution in [3.63, 3.8) is 0 Å². The molecule has 5 nitrogen and oxygen atoms in total. The van der Waals surface area contributed by atoms with Gasteiger partial charge in [0.1, 0.15) is 6.61 Å². The molecule has 0 radical (unpaired) electrons. The van der Waals surface area contributed by atoms with E-state index in [2.05, 4.69) is 5.32 Å². The van der Waals surface area contributed by atoms with Crippen LogP contribution in [0, 0.1) is 0 Å². The summed E-state index contributed by atoms with van der Waals surface area (Å²) in [7, 11) is 1.57. The molecule has 0 aliphatic heterocycles. The van der Waals surface area contributed by atoms with E-state index < -0.39 is 6.04 Å². The maximum Gasteiger partial charge on any atom is 0.241 e. The van der Waals surface area contributed by atoms with Crippen LogP contribution < -0.4 is 15.8 Å². The summed E-state index contributed by atoms with van der Waals surface area (Å²) >= 11 is 12.1. The third-order valence-electron chi connectivity index (χ3n) is 2.21. The molecular formula is C12H17Cl3N2O3. The molecular weight excluding hydrogens is 327 g/mol. The number of carbonyl (C=O) groups excluding carboxylic acids is 1. The first kappa shape index (κ1) is 19.3. The highest BCUT2D eigenvalue weighted by Gasteiger charge is 2.13.